The highest BCUT2D eigenvalue weighted by Crippen LogP contribution is 2.29. The summed E-state index contributed by atoms with van der Waals surface area (Å²) in [4.78, 5) is 0. The van der Waals surface area contributed by atoms with E-state index < -0.39 is 0 Å². The monoisotopic (exact) mass is 239 g/mol. The highest BCUT2D eigenvalue weighted by atomic mass is 32.1. The first-order valence-electron chi connectivity index (χ1n) is 6.34. The summed E-state index contributed by atoms with van der Waals surface area (Å²) >= 11 is 1.66. The largest absolute Gasteiger partial charge is 0.357 e. The number of anilines is 1. The van der Waals surface area contributed by atoms with E-state index in [4.69, 9.17) is 0 Å². The minimum atomic E-state index is 0.625. The lowest BCUT2D eigenvalue weighted by atomic mass is 9.83. The number of aryl methyl sites for hydroxylation is 1. The number of hydrogen-bond donors (Lipinski definition) is 1. The highest BCUT2D eigenvalue weighted by Gasteiger charge is 2.21. The van der Waals surface area contributed by atoms with Crippen LogP contribution in [0, 0.1) is 12.8 Å². The van der Waals surface area contributed by atoms with Gasteiger partial charge in [-0.2, -0.15) is 0 Å². The second kappa shape index (κ2) is 5.62. The summed E-state index contributed by atoms with van der Waals surface area (Å²) in [5.74, 6) is 0.971. The van der Waals surface area contributed by atoms with Crippen LogP contribution in [-0.4, -0.2) is 16.2 Å². The van der Waals surface area contributed by atoms with Gasteiger partial charge in [-0.15, -0.1) is 10.2 Å². The normalized spacial score (nSPS) is 25.6. The summed E-state index contributed by atoms with van der Waals surface area (Å²) in [6.07, 6.45) is 8.09. The molecule has 1 aliphatic carbocycles. The van der Waals surface area contributed by atoms with E-state index in [1.807, 2.05) is 6.92 Å². The standard InChI is InChI=1S/C12H21N3S/c1-3-4-10-5-7-11(8-6-10)13-12-15-14-9(2)16-12/h10-11H,3-8H2,1-2H3,(H,13,15). The molecule has 0 radical (unpaired) electrons. The zero-order chi connectivity index (χ0) is 11.4. The van der Waals surface area contributed by atoms with Gasteiger partial charge in [0.05, 0.1) is 0 Å². The molecule has 1 fully saturated rings. The molecule has 0 aromatic carbocycles. The van der Waals surface area contributed by atoms with Crippen LogP contribution in [0.15, 0.2) is 0 Å². The van der Waals surface area contributed by atoms with Gasteiger partial charge in [0.1, 0.15) is 5.01 Å². The van der Waals surface area contributed by atoms with Crippen molar-refractivity contribution in [3.8, 4) is 0 Å². The van der Waals surface area contributed by atoms with E-state index >= 15 is 0 Å². The minimum Gasteiger partial charge on any atom is -0.357 e. The predicted octanol–water partition coefficient (Wildman–Crippen LogP) is 3.62. The quantitative estimate of drug-likeness (QED) is 0.872. The lowest BCUT2D eigenvalue weighted by molar-refractivity contribution is 0.319. The molecule has 3 nitrogen and oxygen atoms in total. The number of nitrogens with zero attached hydrogens (tertiary/aromatic N) is 2. The summed E-state index contributed by atoms with van der Waals surface area (Å²) < 4.78 is 0. The van der Waals surface area contributed by atoms with Crippen molar-refractivity contribution in [1.29, 1.82) is 0 Å². The zero-order valence-corrected chi connectivity index (χ0v) is 11.0. The van der Waals surface area contributed by atoms with Gasteiger partial charge in [0.15, 0.2) is 0 Å². The number of aromatic nitrogens is 2. The molecule has 1 heterocycles. The van der Waals surface area contributed by atoms with Gasteiger partial charge in [-0.05, 0) is 38.5 Å². The SMILES string of the molecule is CCCC1CCC(Nc2nnc(C)s2)CC1. The lowest BCUT2D eigenvalue weighted by Gasteiger charge is -2.28. The molecule has 4 heteroatoms. The Morgan fingerprint density at radius 3 is 2.56 bits per heavy atom. The van der Waals surface area contributed by atoms with Gasteiger partial charge in [-0.25, -0.2) is 0 Å². The molecule has 0 aliphatic heterocycles. The van der Waals surface area contributed by atoms with Gasteiger partial charge in [0, 0.05) is 6.04 Å². The smallest absolute Gasteiger partial charge is 0.205 e. The van der Waals surface area contributed by atoms with Crippen molar-refractivity contribution in [2.75, 3.05) is 5.32 Å². The first kappa shape index (κ1) is 11.8. The third kappa shape index (κ3) is 3.17. The molecular formula is C12H21N3S. The van der Waals surface area contributed by atoms with Gasteiger partial charge in [0.2, 0.25) is 5.13 Å². The summed E-state index contributed by atoms with van der Waals surface area (Å²) in [6, 6.07) is 0.625. The van der Waals surface area contributed by atoms with Crippen molar-refractivity contribution in [2.24, 2.45) is 5.92 Å². The van der Waals surface area contributed by atoms with E-state index in [-0.39, 0.29) is 0 Å². The van der Waals surface area contributed by atoms with Crippen molar-refractivity contribution in [1.82, 2.24) is 10.2 Å². The molecule has 1 aromatic rings. The van der Waals surface area contributed by atoms with Crippen LogP contribution in [0.4, 0.5) is 5.13 Å². The van der Waals surface area contributed by atoms with Gasteiger partial charge in [0.25, 0.3) is 0 Å². The molecule has 1 aromatic heterocycles. The fraction of sp³-hybridized carbons (Fsp3) is 0.833. The average molecular weight is 239 g/mol. The van der Waals surface area contributed by atoms with Crippen LogP contribution >= 0.6 is 11.3 Å². The fourth-order valence-electron chi connectivity index (χ4n) is 2.53. The molecule has 0 amide bonds. The van der Waals surface area contributed by atoms with E-state index in [0.29, 0.717) is 6.04 Å². The summed E-state index contributed by atoms with van der Waals surface area (Å²) in [5, 5.41) is 13.7. The van der Waals surface area contributed by atoms with Crippen LogP contribution < -0.4 is 5.32 Å². The molecule has 1 saturated carbocycles. The van der Waals surface area contributed by atoms with Crippen molar-refractivity contribution in [3.63, 3.8) is 0 Å². The van der Waals surface area contributed by atoms with E-state index in [1.165, 1.54) is 38.5 Å². The van der Waals surface area contributed by atoms with Gasteiger partial charge >= 0.3 is 0 Å². The topological polar surface area (TPSA) is 37.8 Å². The Bertz CT molecular complexity index is 316. The van der Waals surface area contributed by atoms with E-state index in [0.717, 1.165) is 16.1 Å². The van der Waals surface area contributed by atoms with Gasteiger partial charge in [-0.3, -0.25) is 0 Å². The molecule has 0 atom stereocenters. The number of rotatable bonds is 4. The van der Waals surface area contributed by atoms with Crippen LogP contribution in [0.25, 0.3) is 0 Å². The molecule has 0 saturated heterocycles. The zero-order valence-electron chi connectivity index (χ0n) is 10.2. The Kier molecular flexibility index (Phi) is 4.16. The average Bonchev–Trinajstić information content (AvgIpc) is 2.67. The summed E-state index contributed by atoms with van der Waals surface area (Å²) in [5.41, 5.74) is 0. The van der Waals surface area contributed by atoms with Crippen LogP contribution in [-0.2, 0) is 0 Å². The Balaban J connectivity index is 1.77. The van der Waals surface area contributed by atoms with Crippen molar-refractivity contribution >= 4 is 16.5 Å². The van der Waals surface area contributed by atoms with Gasteiger partial charge < -0.3 is 5.32 Å². The summed E-state index contributed by atoms with van der Waals surface area (Å²) in [6.45, 7) is 4.29. The lowest BCUT2D eigenvalue weighted by Crippen LogP contribution is -2.26. The van der Waals surface area contributed by atoms with Crippen LogP contribution in [0.1, 0.15) is 50.5 Å². The van der Waals surface area contributed by atoms with Crippen molar-refractivity contribution in [2.45, 2.75) is 58.4 Å². The molecule has 0 unspecified atom stereocenters. The molecule has 2 rings (SSSR count). The van der Waals surface area contributed by atoms with E-state index in [1.54, 1.807) is 11.3 Å². The third-order valence-electron chi connectivity index (χ3n) is 3.40. The molecule has 16 heavy (non-hydrogen) atoms. The van der Waals surface area contributed by atoms with E-state index in [2.05, 4.69) is 22.4 Å². The second-order valence-corrected chi connectivity index (χ2v) is 5.96. The Labute approximate surface area is 102 Å². The van der Waals surface area contributed by atoms with Crippen molar-refractivity contribution < 1.29 is 0 Å². The first-order valence-corrected chi connectivity index (χ1v) is 7.16. The summed E-state index contributed by atoms with van der Waals surface area (Å²) in [7, 11) is 0. The van der Waals surface area contributed by atoms with Gasteiger partial charge in [-0.1, -0.05) is 31.1 Å². The number of nitrogens with one attached hydrogen (secondary N) is 1. The Hall–Kier alpha value is -0.640. The highest BCUT2D eigenvalue weighted by molar-refractivity contribution is 7.15. The molecule has 90 valence electrons. The Morgan fingerprint density at radius 1 is 1.25 bits per heavy atom. The van der Waals surface area contributed by atoms with Crippen LogP contribution in [0.2, 0.25) is 0 Å². The Morgan fingerprint density at radius 2 is 2.00 bits per heavy atom. The molecule has 0 spiro atoms. The maximum atomic E-state index is 4.12. The molecule has 1 N–H and O–H groups in total. The first-order chi connectivity index (χ1) is 7.78. The predicted molar refractivity (Wildman–Crippen MR) is 68.9 cm³/mol. The molecular weight excluding hydrogens is 218 g/mol. The third-order valence-corrected chi connectivity index (χ3v) is 4.17. The maximum Gasteiger partial charge on any atom is 0.205 e. The van der Waals surface area contributed by atoms with E-state index in [9.17, 15) is 0 Å². The molecule has 0 bridgehead atoms. The maximum absolute atomic E-state index is 4.12. The second-order valence-electron chi connectivity index (χ2n) is 4.78. The van der Waals surface area contributed by atoms with Crippen LogP contribution in [0.5, 0.6) is 0 Å². The fourth-order valence-corrected chi connectivity index (χ4v) is 3.20. The minimum absolute atomic E-state index is 0.625. The molecule has 1 aliphatic rings. The number of hydrogen-bond acceptors (Lipinski definition) is 4. The van der Waals surface area contributed by atoms with Crippen molar-refractivity contribution in [3.05, 3.63) is 5.01 Å². The van der Waals surface area contributed by atoms with Crippen LogP contribution in [0.3, 0.4) is 0 Å².